The lowest BCUT2D eigenvalue weighted by molar-refractivity contribution is -0.108. The summed E-state index contributed by atoms with van der Waals surface area (Å²) in [6.45, 7) is 10.0. The SMILES string of the molecule is CC(C)(C)OC(=O)N1[C@@H]2CC[C@H]1CC(OC(C)(C)c1ccccc1)C2. The van der Waals surface area contributed by atoms with Gasteiger partial charge in [-0.2, -0.15) is 0 Å². The number of carbonyl (C=O) groups excluding carboxylic acids is 1. The molecule has 3 atom stereocenters. The van der Waals surface area contributed by atoms with Gasteiger partial charge in [0.15, 0.2) is 0 Å². The second-order valence-corrected chi connectivity index (χ2v) is 8.86. The smallest absolute Gasteiger partial charge is 0.410 e. The molecule has 0 aliphatic carbocycles. The number of nitrogens with zero attached hydrogens (tertiary/aromatic N) is 1. The van der Waals surface area contributed by atoms with Crippen LogP contribution in [-0.2, 0) is 15.1 Å². The van der Waals surface area contributed by atoms with Crippen molar-refractivity contribution in [3.8, 4) is 0 Å². The van der Waals surface area contributed by atoms with Crippen LogP contribution in [0.2, 0.25) is 0 Å². The molecular formula is C21H31NO3. The van der Waals surface area contributed by atoms with Gasteiger partial charge in [0.05, 0.1) is 11.7 Å². The first-order valence-electron chi connectivity index (χ1n) is 9.40. The predicted octanol–water partition coefficient (Wildman–Crippen LogP) is 4.87. The molecule has 0 spiro atoms. The molecule has 2 fully saturated rings. The van der Waals surface area contributed by atoms with Gasteiger partial charge in [0, 0.05) is 12.1 Å². The van der Waals surface area contributed by atoms with E-state index in [0.717, 1.165) is 25.7 Å². The lowest BCUT2D eigenvalue weighted by atomic mass is 9.95. The number of hydrogen-bond donors (Lipinski definition) is 0. The summed E-state index contributed by atoms with van der Waals surface area (Å²) in [6.07, 6.45) is 3.91. The summed E-state index contributed by atoms with van der Waals surface area (Å²) >= 11 is 0. The van der Waals surface area contributed by atoms with Crippen molar-refractivity contribution in [2.45, 2.75) is 89.7 Å². The van der Waals surface area contributed by atoms with Crippen LogP contribution in [0.1, 0.15) is 65.9 Å². The highest BCUT2D eigenvalue weighted by molar-refractivity contribution is 5.69. The van der Waals surface area contributed by atoms with Crippen molar-refractivity contribution in [1.82, 2.24) is 4.90 Å². The first kappa shape index (κ1) is 18.2. The van der Waals surface area contributed by atoms with Gasteiger partial charge >= 0.3 is 6.09 Å². The molecule has 4 heteroatoms. The van der Waals surface area contributed by atoms with Crippen LogP contribution in [0.3, 0.4) is 0 Å². The molecule has 4 nitrogen and oxygen atoms in total. The van der Waals surface area contributed by atoms with Crippen molar-refractivity contribution in [3.63, 3.8) is 0 Å². The Hall–Kier alpha value is -1.55. The van der Waals surface area contributed by atoms with Gasteiger partial charge in [-0.05, 0) is 65.9 Å². The third-order valence-electron chi connectivity index (χ3n) is 5.22. The monoisotopic (exact) mass is 345 g/mol. The molecule has 0 aromatic heterocycles. The molecule has 2 saturated heterocycles. The fraction of sp³-hybridized carbons (Fsp3) is 0.667. The van der Waals surface area contributed by atoms with Gasteiger partial charge in [-0.25, -0.2) is 4.79 Å². The van der Waals surface area contributed by atoms with E-state index in [-0.39, 0.29) is 29.9 Å². The Morgan fingerprint density at radius 1 is 1.00 bits per heavy atom. The zero-order valence-electron chi connectivity index (χ0n) is 16.1. The Bertz CT molecular complexity index is 591. The number of fused-ring (bicyclic) bond motifs is 2. The third-order valence-corrected chi connectivity index (χ3v) is 5.22. The van der Waals surface area contributed by atoms with Gasteiger partial charge in [0.25, 0.3) is 0 Å². The van der Waals surface area contributed by atoms with E-state index in [4.69, 9.17) is 9.47 Å². The average Bonchev–Trinajstić information content (AvgIpc) is 2.78. The first-order valence-corrected chi connectivity index (χ1v) is 9.40. The van der Waals surface area contributed by atoms with E-state index < -0.39 is 5.60 Å². The van der Waals surface area contributed by atoms with Gasteiger partial charge in [-0.3, -0.25) is 0 Å². The molecule has 1 amide bonds. The van der Waals surface area contributed by atoms with E-state index in [1.54, 1.807) is 0 Å². The molecule has 0 saturated carbocycles. The van der Waals surface area contributed by atoms with Crippen LogP contribution in [0.15, 0.2) is 30.3 Å². The van der Waals surface area contributed by atoms with Gasteiger partial charge < -0.3 is 14.4 Å². The van der Waals surface area contributed by atoms with E-state index in [2.05, 4.69) is 38.1 Å². The summed E-state index contributed by atoms with van der Waals surface area (Å²) in [4.78, 5) is 14.5. The summed E-state index contributed by atoms with van der Waals surface area (Å²) in [5.74, 6) is 0. The molecule has 2 aliphatic heterocycles. The molecule has 138 valence electrons. The number of hydrogen-bond acceptors (Lipinski definition) is 3. The number of rotatable bonds is 3. The molecule has 0 radical (unpaired) electrons. The fourth-order valence-corrected chi connectivity index (χ4v) is 4.16. The molecule has 1 unspecified atom stereocenters. The van der Waals surface area contributed by atoms with Gasteiger partial charge in [0.2, 0.25) is 0 Å². The highest BCUT2D eigenvalue weighted by Crippen LogP contribution is 2.40. The van der Waals surface area contributed by atoms with Crippen molar-refractivity contribution >= 4 is 6.09 Å². The standard InChI is InChI=1S/C21H31NO3/c1-20(2,3)25-19(23)22-16-11-12-17(22)14-18(13-16)24-21(4,5)15-9-7-6-8-10-15/h6-10,16-18H,11-14H2,1-5H3/t16-,17+,18?. The van der Waals surface area contributed by atoms with Crippen molar-refractivity contribution in [2.24, 2.45) is 0 Å². The maximum absolute atomic E-state index is 12.6. The van der Waals surface area contributed by atoms with Crippen LogP contribution >= 0.6 is 0 Å². The van der Waals surface area contributed by atoms with Crippen LogP contribution in [0.4, 0.5) is 4.79 Å². The van der Waals surface area contributed by atoms with E-state index >= 15 is 0 Å². The average molecular weight is 345 g/mol. The minimum absolute atomic E-state index is 0.166. The van der Waals surface area contributed by atoms with E-state index in [9.17, 15) is 4.79 Å². The molecular weight excluding hydrogens is 314 g/mol. The van der Waals surface area contributed by atoms with Gasteiger partial charge in [-0.1, -0.05) is 30.3 Å². The topological polar surface area (TPSA) is 38.8 Å². The van der Waals surface area contributed by atoms with E-state index in [0.29, 0.717) is 0 Å². The number of benzene rings is 1. The summed E-state index contributed by atoms with van der Waals surface area (Å²) in [5, 5.41) is 0. The lowest BCUT2D eigenvalue weighted by Crippen LogP contribution is -2.51. The Kier molecular flexibility index (Phi) is 4.84. The Morgan fingerprint density at radius 2 is 1.56 bits per heavy atom. The number of ether oxygens (including phenoxy) is 2. The molecule has 2 aliphatic rings. The van der Waals surface area contributed by atoms with Crippen molar-refractivity contribution < 1.29 is 14.3 Å². The molecule has 3 rings (SSSR count). The molecule has 25 heavy (non-hydrogen) atoms. The van der Waals surface area contributed by atoms with Crippen LogP contribution in [0.5, 0.6) is 0 Å². The molecule has 1 aromatic carbocycles. The lowest BCUT2D eigenvalue weighted by Gasteiger charge is -2.42. The highest BCUT2D eigenvalue weighted by atomic mass is 16.6. The maximum atomic E-state index is 12.6. The van der Waals surface area contributed by atoms with Crippen molar-refractivity contribution in [2.75, 3.05) is 0 Å². The zero-order valence-corrected chi connectivity index (χ0v) is 16.1. The van der Waals surface area contributed by atoms with Crippen molar-refractivity contribution in [1.29, 1.82) is 0 Å². The van der Waals surface area contributed by atoms with E-state index in [1.807, 2.05) is 31.7 Å². The number of amides is 1. The third kappa shape index (κ3) is 4.17. The van der Waals surface area contributed by atoms with Gasteiger partial charge in [0.1, 0.15) is 5.60 Å². The predicted molar refractivity (Wildman–Crippen MR) is 98.5 cm³/mol. The summed E-state index contributed by atoms with van der Waals surface area (Å²) in [6, 6.07) is 10.8. The zero-order chi connectivity index (χ0) is 18.2. The van der Waals surface area contributed by atoms with Crippen LogP contribution in [-0.4, -0.2) is 34.8 Å². The minimum Gasteiger partial charge on any atom is -0.444 e. The second kappa shape index (κ2) is 6.64. The van der Waals surface area contributed by atoms with Crippen LogP contribution < -0.4 is 0 Å². The second-order valence-electron chi connectivity index (χ2n) is 8.86. The van der Waals surface area contributed by atoms with Crippen LogP contribution in [0, 0.1) is 0 Å². The molecule has 2 heterocycles. The molecule has 1 aromatic rings. The Balaban J connectivity index is 1.65. The summed E-state index contributed by atoms with van der Waals surface area (Å²) in [7, 11) is 0. The summed E-state index contributed by atoms with van der Waals surface area (Å²) < 4.78 is 12.1. The molecule has 2 bridgehead atoms. The van der Waals surface area contributed by atoms with Crippen molar-refractivity contribution in [3.05, 3.63) is 35.9 Å². The maximum Gasteiger partial charge on any atom is 0.410 e. The summed E-state index contributed by atoms with van der Waals surface area (Å²) in [5.41, 5.74) is 0.426. The van der Waals surface area contributed by atoms with E-state index in [1.165, 1.54) is 5.56 Å². The minimum atomic E-state index is -0.445. The normalized spacial score (nSPS) is 26.6. The first-order chi connectivity index (χ1) is 11.7. The highest BCUT2D eigenvalue weighted by Gasteiger charge is 2.46. The Morgan fingerprint density at radius 3 is 2.08 bits per heavy atom. The largest absolute Gasteiger partial charge is 0.444 e. The Labute approximate surface area is 151 Å². The number of carbonyl (C=O) groups is 1. The fourth-order valence-electron chi connectivity index (χ4n) is 4.16. The quantitative estimate of drug-likeness (QED) is 0.784. The van der Waals surface area contributed by atoms with Gasteiger partial charge in [-0.15, -0.1) is 0 Å². The van der Waals surface area contributed by atoms with Crippen LogP contribution in [0.25, 0.3) is 0 Å². The molecule has 0 N–H and O–H groups in total. The number of piperidine rings is 1.